The Morgan fingerprint density at radius 2 is 2.03 bits per heavy atom. The summed E-state index contributed by atoms with van der Waals surface area (Å²) in [6.07, 6.45) is 1.11. The Hall–Kier alpha value is -3.28. The molecule has 1 atom stereocenters. The zero-order valence-corrected chi connectivity index (χ0v) is 20.4. The Bertz CT molecular complexity index is 1480. The van der Waals surface area contributed by atoms with Gasteiger partial charge in [0, 0.05) is 29.9 Å². The van der Waals surface area contributed by atoms with Crippen molar-refractivity contribution in [3.63, 3.8) is 0 Å². The lowest BCUT2D eigenvalue weighted by atomic mass is 9.99. The summed E-state index contributed by atoms with van der Waals surface area (Å²) in [5, 5.41) is 5.91. The lowest BCUT2D eigenvalue weighted by molar-refractivity contribution is -0.120. The van der Waals surface area contributed by atoms with Gasteiger partial charge < -0.3 is 14.5 Å². The molecule has 1 saturated heterocycles. The number of furan rings is 1. The molecule has 1 unspecified atom stereocenters. The summed E-state index contributed by atoms with van der Waals surface area (Å²) >= 11 is 1.26. The minimum Gasteiger partial charge on any atom is -0.497 e. The number of benzene rings is 2. The summed E-state index contributed by atoms with van der Waals surface area (Å²) < 4.78 is 51.5. The zero-order valence-electron chi connectivity index (χ0n) is 18.7. The molecule has 11 heteroatoms. The number of carbonyl (C=O) groups is 1. The molecule has 3 heterocycles. The first-order chi connectivity index (χ1) is 16.8. The van der Waals surface area contributed by atoms with Crippen LogP contribution in [0.3, 0.4) is 0 Å². The van der Waals surface area contributed by atoms with Gasteiger partial charge in [0.2, 0.25) is 15.9 Å². The Kier molecular flexibility index (Phi) is 6.30. The number of aromatic nitrogens is 1. The minimum absolute atomic E-state index is 0.00739. The number of methoxy groups -OCH3 is 1. The van der Waals surface area contributed by atoms with Gasteiger partial charge in [-0.25, -0.2) is 17.8 Å². The van der Waals surface area contributed by atoms with E-state index in [0.29, 0.717) is 47.3 Å². The van der Waals surface area contributed by atoms with E-state index in [1.165, 1.54) is 27.8 Å². The molecule has 1 N–H and O–H groups in total. The molecule has 2 aromatic carbocycles. The number of hydrogen-bond donors (Lipinski definition) is 1. The van der Waals surface area contributed by atoms with Gasteiger partial charge in [0.25, 0.3) is 0 Å². The number of thiazole rings is 1. The van der Waals surface area contributed by atoms with Crippen LogP contribution in [0.1, 0.15) is 12.8 Å². The Morgan fingerprint density at radius 3 is 2.80 bits per heavy atom. The van der Waals surface area contributed by atoms with Crippen molar-refractivity contribution in [3.05, 3.63) is 59.7 Å². The second kappa shape index (κ2) is 9.40. The Morgan fingerprint density at radius 1 is 1.23 bits per heavy atom. The molecular weight excluding hydrogens is 493 g/mol. The van der Waals surface area contributed by atoms with Crippen LogP contribution in [0.2, 0.25) is 0 Å². The van der Waals surface area contributed by atoms with E-state index in [1.807, 2.05) is 18.2 Å². The van der Waals surface area contributed by atoms with Gasteiger partial charge in [-0.3, -0.25) is 4.79 Å². The fourth-order valence-corrected chi connectivity index (χ4v) is 6.27. The van der Waals surface area contributed by atoms with Gasteiger partial charge in [-0.15, -0.1) is 11.3 Å². The van der Waals surface area contributed by atoms with E-state index in [1.54, 1.807) is 18.6 Å². The monoisotopic (exact) mass is 515 g/mol. The summed E-state index contributed by atoms with van der Waals surface area (Å²) in [5.41, 5.74) is 1.26. The summed E-state index contributed by atoms with van der Waals surface area (Å²) in [6.45, 7) is 0.358. The molecule has 1 aliphatic rings. The minimum atomic E-state index is -3.82. The first kappa shape index (κ1) is 23.5. The lowest BCUT2D eigenvalue weighted by Gasteiger charge is -2.31. The number of piperidine rings is 1. The van der Waals surface area contributed by atoms with E-state index >= 15 is 0 Å². The zero-order chi connectivity index (χ0) is 24.6. The highest BCUT2D eigenvalue weighted by molar-refractivity contribution is 7.89. The summed E-state index contributed by atoms with van der Waals surface area (Å²) in [6, 6.07) is 12.1. The van der Waals surface area contributed by atoms with Crippen molar-refractivity contribution in [2.45, 2.75) is 17.7 Å². The van der Waals surface area contributed by atoms with E-state index in [-0.39, 0.29) is 17.3 Å². The van der Waals surface area contributed by atoms with Crippen LogP contribution in [0.5, 0.6) is 5.75 Å². The molecule has 0 bridgehead atoms. The number of hydrogen-bond acceptors (Lipinski definition) is 7. The van der Waals surface area contributed by atoms with Crippen LogP contribution < -0.4 is 10.1 Å². The Balaban J connectivity index is 1.27. The number of fused-ring (bicyclic) bond motifs is 1. The number of sulfonamides is 1. The van der Waals surface area contributed by atoms with Crippen LogP contribution in [-0.4, -0.2) is 43.8 Å². The van der Waals surface area contributed by atoms with Crippen LogP contribution >= 0.6 is 11.3 Å². The van der Waals surface area contributed by atoms with Crippen molar-refractivity contribution >= 4 is 43.4 Å². The first-order valence-corrected chi connectivity index (χ1v) is 13.3. The predicted octanol–water partition coefficient (Wildman–Crippen LogP) is 4.74. The number of nitrogens with zero attached hydrogens (tertiary/aromatic N) is 2. The number of rotatable bonds is 6. The SMILES string of the molecule is COc1ccc2cc(-c3csc(NC(=O)C4CCCN(S(=O)(=O)c5ccc(F)cc5)C4)n3)oc2c1. The third kappa shape index (κ3) is 4.79. The number of nitrogens with one attached hydrogen (secondary N) is 1. The summed E-state index contributed by atoms with van der Waals surface area (Å²) in [5.74, 6) is -0.0684. The molecule has 35 heavy (non-hydrogen) atoms. The fourth-order valence-electron chi connectivity index (χ4n) is 4.05. The number of anilines is 1. The molecule has 1 fully saturated rings. The van der Waals surface area contributed by atoms with E-state index in [9.17, 15) is 17.6 Å². The highest BCUT2D eigenvalue weighted by Gasteiger charge is 2.33. The normalized spacial score (nSPS) is 16.9. The average Bonchev–Trinajstić information content (AvgIpc) is 3.50. The average molecular weight is 516 g/mol. The third-order valence-corrected chi connectivity index (χ3v) is 8.56. The van der Waals surface area contributed by atoms with Gasteiger partial charge in [-0.05, 0) is 55.3 Å². The van der Waals surface area contributed by atoms with Crippen LogP contribution in [0.4, 0.5) is 9.52 Å². The molecule has 5 rings (SSSR count). The lowest BCUT2D eigenvalue weighted by Crippen LogP contribution is -2.43. The molecule has 0 spiro atoms. The first-order valence-electron chi connectivity index (χ1n) is 10.9. The molecule has 0 radical (unpaired) electrons. The third-order valence-electron chi connectivity index (χ3n) is 5.92. The highest BCUT2D eigenvalue weighted by atomic mass is 32.2. The maximum Gasteiger partial charge on any atom is 0.243 e. The van der Waals surface area contributed by atoms with Gasteiger partial charge in [0.1, 0.15) is 22.8 Å². The number of ether oxygens (including phenoxy) is 1. The maximum atomic E-state index is 13.2. The van der Waals surface area contributed by atoms with Crippen LogP contribution in [-0.2, 0) is 14.8 Å². The predicted molar refractivity (Wildman–Crippen MR) is 130 cm³/mol. The smallest absolute Gasteiger partial charge is 0.243 e. The second-order valence-electron chi connectivity index (χ2n) is 8.20. The van der Waals surface area contributed by atoms with E-state index in [2.05, 4.69) is 10.3 Å². The second-order valence-corrected chi connectivity index (χ2v) is 11.0. The van der Waals surface area contributed by atoms with Gasteiger partial charge in [0.15, 0.2) is 10.9 Å². The van der Waals surface area contributed by atoms with Crippen molar-refractivity contribution < 1.29 is 26.8 Å². The summed E-state index contributed by atoms with van der Waals surface area (Å²) in [7, 11) is -2.23. The van der Waals surface area contributed by atoms with Gasteiger partial charge in [-0.1, -0.05) is 0 Å². The molecule has 1 aliphatic heterocycles. The largest absolute Gasteiger partial charge is 0.497 e. The van der Waals surface area contributed by atoms with Crippen LogP contribution in [0.15, 0.2) is 63.2 Å². The molecule has 2 aromatic heterocycles. The van der Waals surface area contributed by atoms with E-state index in [4.69, 9.17) is 9.15 Å². The molecule has 1 amide bonds. The van der Waals surface area contributed by atoms with Crippen molar-refractivity contribution in [2.75, 3.05) is 25.5 Å². The molecular formula is C24H22FN3O5S2. The van der Waals surface area contributed by atoms with Gasteiger partial charge >= 0.3 is 0 Å². The molecule has 4 aromatic rings. The topological polar surface area (TPSA) is 102 Å². The van der Waals surface area contributed by atoms with Crippen molar-refractivity contribution in [3.8, 4) is 17.2 Å². The molecule has 0 aliphatic carbocycles. The van der Waals surface area contributed by atoms with Crippen molar-refractivity contribution in [1.82, 2.24) is 9.29 Å². The van der Waals surface area contributed by atoms with Crippen LogP contribution in [0, 0.1) is 11.7 Å². The summed E-state index contributed by atoms with van der Waals surface area (Å²) in [4.78, 5) is 17.4. The van der Waals surface area contributed by atoms with Gasteiger partial charge in [-0.2, -0.15) is 4.31 Å². The number of amides is 1. The molecule has 182 valence electrons. The molecule has 0 saturated carbocycles. The Labute approximate surface area is 205 Å². The van der Waals surface area contributed by atoms with Crippen LogP contribution in [0.25, 0.3) is 22.4 Å². The van der Waals surface area contributed by atoms with E-state index in [0.717, 1.165) is 17.5 Å². The standard InChI is InChI=1S/C24H22FN3O5S2/c1-32-18-7-4-15-11-22(33-21(15)12-18)20-14-34-24(26-20)27-23(29)16-3-2-10-28(13-16)35(30,31)19-8-5-17(25)6-9-19/h4-9,11-12,14,16H,2-3,10,13H2,1H3,(H,26,27,29). The number of carbonyl (C=O) groups excluding carboxylic acids is 1. The fraction of sp³-hybridized carbons (Fsp3) is 0.250. The van der Waals surface area contributed by atoms with Crippen molar-refractivity contribution in [2.24, 2.45) is 5.92 Å². The highest BCUT2D eigenvalue weighted by Crippen LogP contribution is 2.32. The molecule has 8 nitrogen and oxygen atoms in total. The van der Waals surface area contributed by atoms with Gasteiger partial charge in [0.05, 0.1) is 17.9 Å². The van der Waals surface area contributed by atoms with Crippen molar-refractivity contribution in [1.29, 1.82) is 0 Å². The maximum absolute atomic E-state index is 13.2. The quantitative estimate of drug-likeness (QED) is 0.398. The number of halogens is 1. The van der Waals surface area contributed by atoms with E-state index < -0.39 is 21.8 Å².